The molecule has 1 aromatic rings. The minimum atomic E-state index is -3.81. The molecular weight excluding hydrogens is 282 g/mol. The van der Waals surface area contributed by atoms with E-state index in [4.69, 9.17) is 5.73 Å². The Labute approximate surface area is 109 Å². The van der Waals surface area contributed by atoms with E-state index < -0.39 is 23.1 Å². The first kappa shape index (κ1) is 15.8. The van der Waals surface area contributed by atoms with Gasteiger partial charge in [-0.05, 0) is 6.92 Å². The van der Waals surface area contributed by atoms with E-state index in [9.17, 15) is 17.2 Å². The Morgan fingerprint density at radius 2 is 2.26 bits per heavy atom. The first-order valence-electron chi connectivity index (χ1n) is 5.55. The molecule has 3 N–H and O–H groups in total. The Kier molecular flexibility index (Phi) is 5.63. The summed E-state index contributed by atoms with van der Waals surface area (Å²) in [5, 5.41) is 3.81. The maximum absolute atomic E-state index is 11.8. The third-order valence-corrected chi connectivity index (χ3v) is 3.63. The molecule has 0 bridgehead atoms. The highest BCUT2D eigenvalue weighted by atomic mass is 32.2. The second kappa shape index (κ2) is 6.78. The van der Waals surface area contributed by atoms with Crippen molar-refractivity contribution < 1.29 is 21.9 Å². The number of anilines is 1. The highest BCUT2D eigenvalue weighted by Gasteiger charge is 2.20. The number of nitrogen functional groups attached to an aromatic ring is 1. The molecule has 0 aliphatic carbocycles. The van der Waals surface area contributed by atoms with Crippen LogP contribution < -0.4 is 10.5 Å². The quantitative estimate of drug-likeness (QED) is 0.660. The van der Waals surface area contributed by atoms with Crippen LogP contribution in [0.2, 0.25) is 0 Å². The molecule has 1 aromatic heterocycles. The Balaban J connectivity index is 2.53. The molecule has 7 nitrogen and oxygen atoms in total. The number of rotatable bonds is 8. The molecule has 0 amide bonds. The van der Waals surface area contributed by atoms with Gasteiger partial charge in [-0.2, -0.15) is 5.10 Å². The highest BCUT2D eigenvalue weighted by molar-refractivity contribution is 7.89. The number of hydrogen-bond donors (Lipinski definition) is 2. The Hall–Kier alpha value is -1.26. The highest BCUT2D eigenvalue weighted by Crippen LogP contribution is 2.15. The van der Waals surface area contributed by atoms with Crippen molar-refractivity contribution in [3.05, 3.63) is 6.20 Å². The van der Waals surface area contributed by atoms with Crippen LogP contribution in [0.15, 0.2) is 11.1 Å². The number of alkyl halides is 2. The first-order chi connectivity index (χ1) is 8.86. The van der Waals surface area contributed by atoms with Crippen molar-refractivity contribution in [1.29, 1.82) is 0 Å². The van der Waals surface area contributed by atoms with Gasteiger partial charge in [-0.3, -0.25) is 4.68 Å². The summed E-state index contributed by atoms with van der Waals surface area (Å²) in [4.78, 5) is -0.136. The molecule has 0 saturated carbocycles. The Bertz CT molecular complexity index is 504. The number of sulfonamides is 1. The zero-order valence-electron chi connectivity index (χ0n) is 10.3. The lowest BCUT2D eigenvalue weighted by molar-refractivity contribution is 0.0199. The van der Waals surface area contributed by atoms with Gasteiger partial charge in [-0.15, -0.1) is 0 Å². The summed E-state index contributed by atoms with van der Waals surface area (Å²) in [6.45, 7) is 1.28. The van der Waals surface area contributed by atoms with Crippen LogP contribution in [0.3, 0.4) is 0 Å². The van der Waals surface area contributed by atoms with Crippen molar-refractivity contribution in [3.8, 4) is 0 Å². The normalized spacial score (nSPS) is 12.2. The third-order valence-electron chi connectivity index (χ3n) is 2.15. The predicted molar refractivity (Wildman–Crippen MR) is 64.3 cm³/mol. The maximum atomic E-state index is 11.8. The van der Waals surface area contributed by atoms with E-state index in [1.165, 1.54) is 10.9 Å². The van der Waals surface area contributed by atoms with Crippen LogP contribution in [0.4, 0.5) is 14.6 Å². The average molecular weight is 298 g/mol. The molecule has 0 fully saturated rings. The van der Waals surface area contributed by atoms with Gasteiger partial charge in [0, 0.05) is 19.3 Å². The summed E-state index contributed by atoms with van der Waals surface area (Å²) < 4.78 is 55.3. The SMILES string of the molecule is CCn1cc(S(=O)(=O)NCCOCC(F)F)c(N)n1. The fourth-order valence-corrected chi connectivity index (χ4v) is 2.37. The first-order valence-corrected chi connectivity index (χ1v) is 7.03. The van der Waals surface area contributed by atoms with Crippen molar-refractivity contribution >= 4 is 15.8 Å². The number of ether oxygens (including phenoxy) is 1. The van der Waals surface area contributed by atoms with E-state index in [-0.39, 0.29) is 23.9 Å². The summed E-state index contributed by atoms with van der Waals surface area (Å²) in [6, 6.07) is 0. The van der Waals surface area contributed by atoms with E-state index in [2.05, 4.69) is 14.6 Å². The number of nitrogens with one attached hydrogen (secondary N) is 1. The lowest BCUT2D eigenvalue weighted by Gasteiger charge is -2.06. The minimum absolute atomic E-state index is 0.108. The van der Waals surface area contributed by atoms with Gasteiger partial charge >= 0.3 is 0 Å². The van der Waals surface area contributed by atoms with Gasteiger partial charge in [0.15, 0.2) is 5.82 Å². The molecule has 19 heavy (non-hydrogen) atoms. The van der Waals surface area contributed by atoms with E-state index in [1.54, 1.807) is 6.92 Å². The Morgan fingerprint density at radius 3 is 2.79 bits per heavy atom. The molecule has 0 aliphatic rings. The monoisotopic (exact) mass is 298 g/mol. The average Bonchev–Trinajstić information content (AvgIpc) is 2.70. The lowest BCUT2D eigenvalue weighted by atomic mass is 10.6. The molecule has 0 saturated heterocycles. The van der Waals surface area contributed by atoms with E-state index in [0.717, 1.165) is 0 Å². The van der Waals surface area contributed by atoms with Gasteiger partial charge in [0.25, 0.3) is 6.43 Å². The van der Waals surface area contributed by atoms with Gasteiger partial charge in [-0.25, -0.2) is 21.9 Å². The topological polar surface area (TPSA) is 99.2 Å². The van der Waals surface area contributed by atoms with Crippen molar-refractivity contribution in [1.82, 2.24) is 14.5 Å². The summed E-state index contributed by atoms with van der Waals surface area (Å²) in [5.74, 6) is -0.108. The molecule has 10 heteroatoms. The zero-order chi connectivity index (χ0) is 14.5. The number of halogens is 2. The second-order valence-corrected chi connectivity index (χ2v) is 5.33. The number of nitrogens with zero attached hydrogens (tertiary/aromatic N) is 2. The minimum Gasteiger partial charge on any atom is -0.381 e. The fourth-order valence-electron chi connectivity index (χ4n) is 1.29. The van der Waals surface area contributed by atoms with E-state index in [0.29, 0.717) is 6.54 Å². The van der Waals surface area contributed by atoms with Crippen LogP contribution >= 0.6 is 0 Å². The summed E-state index contributed by atoms with van der Waals surface area (Å²) in [5.41, 5.74) is 5.49. The smallest absolute Gasteiger partial charge is 0.261 e. The van der Waals surface area contributed by atoms with Crippen LogP contribution in [0.1, 0.15) is 6.92 Å². The molecule has 0 aliphatic heterocycles. The third kappa shape index (κ3) is 4.73. The summed E-state index contributed by atoms with van der Waals surface area (Å²) in [7, 11) is -3.81. The largest absolute Gasteiger partial charge is 0.381 e. The van der Waals surface area contributed by atoms with Crippen LogP contribution in [0.25, 0.3) is 0 Å². The molecule has 110 valence electrons. The van der Waals surface area contributed by atoms with Gasteiger partial charge in [0.1, 0.15) is 11.5 Å². The standard InChI is InChI=1S/C9H16F2N4O3S/c1-2-15-5-7(9(12)14-15)19(16,17)13-3-4-18-6-8(10)11/h5,8,13H,2-4,6H2,1H3,(H2,12,14). The summed E-state index contributed by atoms with van der Waals surface area (Å²) >= 11 is 0. The van der Waals surface area contributed by atoms with Crippen LogP contribution in [-0.2, 0) is 21.3 Å². The van der Waals surface area contributed by atoms with Gasteiger partial charge in [0.05, 0.1) is 6.61 Å². The van der Waals surface area contributed by atoms with Crippen molar-refractivity contribution in [2.24, 2.45) is 0 Å². The number of aromatic nitrogens is 2. The van der Waals surface area contributed by atoms with Gasteiger partial charge < -0.3 is 10.5 Å². The predicted octanol–water partition coefficient (Wildman–Crippen LogP) is 0.0452. The molecule has 0 unspecified atom stereocenters. The van der Waals surface area contributed by atoms with Crippen molar-refractivity contribution in [2.75, 3.05) is 25.5 Å². The van der Waals surface area contributed by atoms with E-state index in [1.807, 2.05) is 0 Å². The lowest BCUT2D eigenvalue weighted by Crippen LogP contribution is -2.28. The Morgan fingerprint density at radius 1 is 1.58 bits per heavy atom. The molecule has 1 heterocycles. The second-order valence-electron chi connectivity index (χ2n) is 3.60. The molecule has 0 atom stereocenters. The summed E-state index contributed by atoms with van der Waals surface area (Å²) in [6.07, 6.45) is -1.27. The maximum Gasteiger partial charge on any atom is 0.261 e. The number of hydrogen-bond acceptors (Lipinski definition) is 5. The molecular formula is C9H16F2N4O3S. The van der Waals surface area contributed by atoms with Crippen LogP contribution in [0, 0.1) is 0 Å². The van der Waals surface area contributed by atoms with Gasteiger partial charge in [0.2, 0.25) is 10.0 Å². The van der Waals surface area contributed by atoms with Crippen LogP contribution in [0.5, 0.6) is 0 Å². The number of aryl methyl sites for hydroxylation is 1. The zero-order valence-corrected chi connectivity index (χ0v) is 11.2. The molecule has 0 aromatic carbocycles. The fraction of sp³-hybridized carbons (Fsp3) is 0.667. The van der Waals surface area contributed by atoms with E-state index >= 15 is 0 Å². The van der Waals surface area contributed by atoms with Gasteiger partial charge in [-0.1, -0.05) is 0 Å². The van der Waals surface area contributed by atoms with Crippen molar-refractivity contribution in [2.45, 2.75) is 24.8 Å². The molecule has 1 rings (SSSR count). The molecule has 0 radical (unpaired) electrons. The number of nitrogens with two attached hydrogens (primary N) is 1. The van der Waals surface area contributed by atoms with Crippen LogP contribution in [-0.4, -0.2) is 44.4 Å². The molecule has 0 spiro atoms. The van der Waals surface area contributed by atoms with Crippen molar-refractivity contribution in [3.63, 3.8) is 0 Å².